The maximum atomic E-state index is 10.5. The fraction of sp³-hybridized carbons (Fsp3) is 0.900. The van der Waals surface area contributed by atoms with Crippen LogP contribution in [0.4, 0.5) is 0 Å². The summed E-state index contributed by atoms with van der Waals surface area (Å²) in [5, 5.41) is 8.66. The highest BCUT2D eigenvalue weighted by Crippen LogP contribution is 2.18. The van der Waals surface area contributed by atoms with Gasteiger partial charge in [-0.25, -0.2) is 0 Å². The summed E-state index contributed by atoms with van der Waals surface area (Å²) in [6.07, 6.45) is 3.28. The van der Waals surface area contributed by atoms with E-state index >= 15 is 0 Å². The predicted octanol–water partition coefficient (Wildman–Crippen LogP) is 2.30. The normalized spacial score (nSPS) is 15.3. The van der Waals surface area contributed by atoms with Crippen LogP contribution in [0, 0.1) is 5.92 Å². The van der Waals surface area contributed by atoms with Crippen molar-refractivity contribution in [1.82, 2.24) is 0 Å². The molecule has 2 atom stereocenters. The van der Waals surface area contributed by atoms with Crippen molar-refractivity contribution in [2.75, 3.05) is 7.11 Å². The van der Waals surface area contributed by atoms with Crippen molar-refractivity contribution in [3.63, 3.8) is 0 Å². The van der Waals surface area contributed by atoms with Crippen molar-refractivity contribution < 1.29 is 14.6 Å². The van der Waals surface area contributed by atoms with Gasteiger partial charge in [0, 0.05) is 13.5 Å². The molecule has 0 heterocycles. The van der Waals surface area contributed by atoms with Gasteiger partial charge in [-0.3, -0.25) is 4.79 Å². The number of carbonyl (C=O) groups is 1. The highest BCUT2D eigenvalue weighted by Gasteiger charge is 2.15. The molecule has 0 amide bonds. The lowest BCUT2D eigenvalue weighted by molar-refractivity contribution is -0.138. The van der Waals surface area contributed by atoms with Crippen LogP contribution in [0.2, 0.25) is 0 Å². The fourth-order valence-electron chi connectivity index (χ4n) is 1.52. The van der Waals surface area contributed by atoms with Crippen molar-refractivity contribution in [1.29, 1.82) is 0 Å². The number of carboxylic acids is 1. The molecule has 0 rings (SSSR count). The first kappa shape index (κ1) is 12.4. The number of hydrogen-bond acceptors (Lipinski definition) is 2. The second-order valence-corrected chi connectivity index (χ2v) is 3.53. The van der Waals surface area contributed by atoms with E-state index in [4.69, 9.17) is 9.84 Å². The SMILES string of the molecule is CCCC(CC(=O)O)CC(C)OC. The number of carboxylic acid groups (broad SMARTS) is 1. The average Bonchev–Trinajstić information content (AvgIpc) is 2.03. The Bertz CT molecular complexity index is 145. The summed E-state index contributed by atoms with van der Waals surface area (Å²) in [7, 11) is 1.66. The van der Waals surface area contributed by atoms with E-state index < -0.39 is 5.97 Å². The molecular weight excluding hydrogens is 168 g/mol. The van der Waals surface area contributed by atoms with E-state index in [9.17, 15) is 4.79 Å². The third-order valence-electron chi connectivity index (χ3n) is 2.23. The Morgan fingerprint density at radius 1 is 1.54 bits per heavy atom. The predicted molar refractivity (Wildman–Crippen MR) is 51.7 cm³/mol. The summed E-state index contributed by atoms with van der Waals surface area (Å²) in [5.74, 6) is -0.445. The highest BCUT2D eigenvalue weighted by atomic mass is 16.5. The minimum atomic E-state index is -0.707. The Hall–Kier alpha value is -0.570. The van der Waals surface area contributed by atoms with E-state index in [0.29, 0.717) is 0 Å². The van der Waals surface area contributed by atoms with Gasteiger partial charge in [-0.15, -0.1) is 0 Å². The van der Waals surface area contributed by atoms with E-state index in [1.807, 2.05) is 6.92 Å². The quantitative estimate of drug-likeness (QED) is 0.666. The summed E-state index contributed by atoms with van der Waals surface area (Å²) in [6.45, 7) is 4.05. The van der Waals surface area contributed by atoms with Crippen molar-refractivity contribution in [3.8, 4) is 0 Å². The van der Waals surface area contributed by atoms with Crippen LogP contribution in [-0.2, 0) is 9.53 Å². The van der Waals surface area contributed by atoms with Gasteiger partial charge in [-0.05, 0) is 19.3 Å². The Kier molecular flexibility index (Phi) is 6.59. The van der Waals surface area contributed by atoms with Crippen molar-refractivity contribution >= 4 is 5.97 Å². The topological polar surface area (TPSA) is 46.5 Å². The van der Waals surface area contributed by atoms with Crippen LogP contribution in [0.5, 0.6) is 0 Å². The first-order valence-corrected chi connectivity index (χ1v) is 4.84. The van der Waals surface area contributed by atoms with Crippen LogP contribution in [0.15, 0.2) is 0 Å². The van der Waals surface area contributed by atoms with Crippen LogP contribution < -0.4 is 0 Å². The number of rotatable bonds is 7. The molecule has 0 saturated heterocycles. The summed E-state index contributed by atoms with van der Waals surface area (Å²) >= 11 is 0. The molecule has 0 aliphatic rings. The van der Waals surface area contributed by atoms with Crippen molar-refractivity contribution in [3.05, 3.63) is 0 Å². The molecule has 0 aliphatic heterocycles. The van der Waals surface area contributed by atoms with Crippen LogP contribution in [-0.4, -0.2) is 24.3 Å². The standard InChI is InChI=1S/C10H20O3/c1-4-5-9(7-10(11)12)6-8(2)13-3/h8-9H,4-7H2,1-3H3,(H,11,12). The molecule has 0 bridgehead atoms. The Morgan fingerprint density at radius 3 is 2.54 bits per heavy atom. The number of aliphatic carboxylic acids is 1. The van der Waals surface area contributed by atoms with Gasteiger partial charge in [-0.1, -0.05) is 19.8 Å². The van der Waals surface area contributed by atoms with E-state index in [-0.39, 0.29) is 18.4 Å². The Morgan fingerprint density at radius 2 is 2.15 bits per heavy atom. The minimum absolute atomic E-state index is 0.163. The molecule has 0 spiro atoms. The minimum Gasteiger partial charge on any atom is -0.481 e. The second kappa shape index (κ2) is 6.89. The highest BCUT2D eigenvalue weighted by molar-refractivity contribution is 5.66. The van der Waals surface area contributed by atoms with Gasteiger partial charge in [0.2, 0.25) is 0 Å². The smallest absolute Gasteiger partial charge is 0.303 e. The largest absolute Gasteiger partial charge is 0.481 e. The Labute approximate surface area is 80.1 Å². The van der Waals surface area contributed by atoms with Gasteiger partial charge in [0.1, 0.15) is 0 Å². The van der Waals surface area contributed by atoms with Gasteiger partial charge in [0.05, 0.1) is 6.10 Å². The molecule has 2 unspecified atom stereocenters. The summed E-state index contributed by atoms with van der Waals surface area (Å²) in [4.78, 5) is 10.5. The average molecular weight is 188 g/mol. The van der Waals surface area contributed by atoms with Gasteiger partial charge in [0.25, 0.3) is 0 Å². The zero-order chi connectivity index (χ0) is 10.3. The van der Waals surface area contributed by atoms with E-state index in [1.165, 1.54) is 0 Å². The van der Waals surface area contributed by atoms with E-state index in [1.54, 1.807) is 7.11 Å². The fourth-order valence-corrected chi connectivity index (χ4v) is 1.52. The maximum Gasteiger partial charge on any atom is 0.303 e. The van der Waals surface area contributed by atoms with Gasteiger partial charge < -0.3 is 9.84 Å². The molecule has 13 heavy (non-hydrogen) atoms. The first-order valence-electron chi connectivity index (χ1n) is 4.84. The Balaban J connectivity index is 3.85. The van der Waals surface area contributed by atoms with Crippen molar-refractivity contribution in [2.45, 2.75) is 45.6 Å². The monoisotopic (exact) mass is 188 g/mol. The maximum absolute atomic E-state index is 10.5. The van der Waals surface area contributed by atoms with Crippen molar-refractivity contribution in [2.24, 2.45) is 5.92 Å². The summed E-state index contributed by atoms with van der Waals surface area (Å²) < 4.78 is 5.12. The summed E-state index contributed by atoms with van der Waals surface area (Å²) in [6, 6.07) is 0. The van der Waals surface area contributed by atoms with Crippen LogP contribution in [0.25, 0.3) is 0 Å². The molecule has 1 N–H and O–H groups in total. The third-order valence-corrected chi connectivity index (χ3v) is 2.23. The number of methoxy groups -OCH3 is 1. The van der Waals surface area contributed by atoms with Crippen LogP contribution in [0.1, 0.15) is 39.5 Å². The number of ether oxygens (including phenoxy) is 1. The molecular formula is C10H20O3. The van der Waals surface area contributed by atoms with E-state index in [0.717, 1.165) is 19.3 Å². The molecule has 0 aromatic heterocycles. The van der Waals surface area contributed by atoms with Crippen LogP contribution in [0.3, 0.4) is 0 Å². The molecule has 0 aromatic carbocycles. The molecule has 0 fully saturated rings. The molecule has 0 aromatic rings. The van der Waals surface area contributed by atoms with Gasteiger partial charge >= 0.3 is 5.97 Å². The lowest BCUT2D eigenvalue weighted by atomic mass is 9.94. The van der Waals surface area contributed by atoms with Crippen LogP contribution >= 0.6 is 0 Å². The molecule has 3 nitrogen and oxygen atoms in total. The molecule has 0 saturated carbocycles. The zero-order valence-corrected chi connectivity index (χ0v) is 8.75. The lowest BCUT2D eigenvalue weighted by Gasteiger charge is -2.17. The lowest BCUT2D eigenvalue weighted by Crippen LogP contribution is -2.15. The van der Waals surface area contributed by atoms with E-state index in [2.05, 4.69) is 6.92 Å². The zero-order valence-electron chi connectivity index (χ0n) is 8.75. The van der Waals surface area contributed by atoms with Gasteiger partial charge in [-0.2, -0.15) is 0 Å². The molecule has 0 radical (unpaired) electrons. The number of hydrogen-bond donors (Lipinski definition) is 1. The molecule has 78 valence electrons. The second-order valence-electron chi connectivity index (χ2n) is 3.53. The summed E-state index contributed by atoms with van der Waals surface area (Å²) in [5.41, 5.74) is 0. The molecule has 3 heteroatoms. The molecule has 0 aliphatic carbocycles. The third kappa shape index (κ3) is 6.58. The van der Waals surface area contributed by atoms with Gasteiger partial charge in [0.15, 0.2) is 0 Å². The first-order chi connectivity index (χ1) is 6.10.